The molecule has 2 aromatic rings. The van der Waals surface area contributed by atoms with E-state index in [-0.39, 0.29) is 17.5 Å². The average molecular weight is 315 g/mol. The number of anilines is 1. The first-order valence-electron chi connectivity index (χ1n) is 7.13. The molecule has 0 spiro atoms. The Morgan fingerprint density at radius 2 is 2.43 bits per heavy atom. The van der Waals surface area contributed by atoms with Crippen LogP contribution >= 0.6 is 0 Å². The number of carbonyl (C=O) groups is 1. The van der Waals surface area contributed by atoms with Crippen LogP contribution in [0.25, 0.3) is 0 Å². The Morgan fingerprint density at radius 3 is 3.17 bits per heavy atom. The fourth-order valence-electron chi connectivity index (χ4n) is 2.60. The van der Waals surface area contributed by atoms with E-state index < -0.39 is 5.82 Å². The second kappa shape index (κ2) is 6.39. The maximum Gasteiger partial charge on any atom is 0.321 e. The molecule has 2 N–H and O–H groups in total. The molecule has 0 radical (unpaired) electrons. The van der Waals surface area contributed by atoms with Crippen LogP contribution < -0.4 is 5.32 Å². The molecular weight excluding hydrogens is 301 g/mol. The Labute approximate surface area is 131 Å². The number of nitrogens with zero attached hydrogens (tertiary/aromatic N) is 5. The van der Waals surface area contributed by atoms with E-state index in [0.29, 0.717) is 31.0 Å². The van der Waals surface area contributed by atoms with Gasteiger partial charge in [-0.2, -0.15) is 10.5 Å². The summed E-state index contributed by atoms with van der Waals surface area (Å²) in [5.74, 6) is 0.308. The number of rotatable bonds is 3. The standard InChI is InChI=1S/C14H14FN7O/c15-12-2-1-11(6-10(12)7-16)17-14(23)22-4-3-9(8-22)5-13-18-20-21-19-13/h1-2,6,9H,3-5,8H2,(H,17,23)(H,18,19,20,21). The monoisotopic (exact) mass is 315 g/mol. The van der Waals surface area contributed by atoms with Crippen LogP contribution in [0.2, 0.25) is 0 Å². The molecule has 1 aliphatic rings. The Morgan fingerprint density at radius 1 is 1.57 bits per heavy atom. The highest BCUT2D eigenvalue weighted by Crippen LogP contribution is 2.21. The molecule has 1 unspecified atom stereocenters. The number of hydrogen-bond donors (Lipinski definition) is 2. The van der Waals surface area contributed by atoms with Gasteiger partial charge >= 0.3 is 6.03 Å². The van der Waals surface area contributed by atoms with E-state index in [9.17, 15) is 9.18 Å². The third-order valence-corrected chi connectivity index (χ3v) is 3.77. The molecule has 8 nitrogen and oxygen atoms in total. The topological polar surface area (TPSA) is 111 Å². The van der Waals surface area contributed by atoms with Crippen LogP contribution in [-0.4, -0.2) is 44.6 Å². The lowest BCUT2D eigenvalue weighted by Gasteiger charge is -2.17. The summed E-state index contributed by atoms with van der Waals surface area (Å²) < 4.78 is 13.3. The molecule has 1 aromatic carbocycles. The number of H-pyrrole nitrogens is 1. The zero-order valence-corrected chi connectivity index (χ0v) is 12.2. The first-order chi connectivity index (χ1) is 11.2. The maximum absolute atomic E-state index is 13.3. The Bertz CT molecular complexity index is 740. The maximum atomic E-state index is 13.3. The first-order valence-corrected chi connectivity index (χ1v) is 7.13. The Balaban J connectivity index is 1.58. The normalized spacial score (nSPS) is 17.0. The number of benzene rings is 1. The predicted octanol–water partition coefficient (Wildman–Crippen LogP) is 1.31. The summed E-state index contributed by atoms with van der Waals surface area (Å²) in [7, 11) is 0. The molecule has 23 heavy (non-hydrogen) atoms. The fourth-order valence-corrected chi connectivity index (χ4v) is 2.60. The average Bonchev–Trinajstić information content (AvgIpc) is 3.21. The molecule has 118 valence electrons. The zero-order chi connectivity index (χ0) is 16.2. The third kappa shape index (κ3) is 3.42. The van der Waals surface area contributed by atoms with E-state index in [2.05, 4.69) is 25.9 Å². The lowest BCUT2D eigenvalue weighted by Crippen LogP contribution is -2.33. The van der Waals surface area contributed by atoms with E-state index in [1.54, 1.807) is 11.0 Å². The van der Waals surface area contributed by atoms with Gasteiger partial charge < -0.3 is 10.2 Å². The molecule has 1 aromatic heterocycles. The smallest absolute Gasteiger partial charge is 0.321 e. The third-order valence-electron chi connectivity index (χ3n) is 3.77. The van der Waals surface area contributed by atoms with E-state index in [4.69, 9.17) is 5.26 Å². The summed E-state index contributed by atoms with van der Waals surface area (Å²) in [4.78, 5) is 13.9. The van der Waals surface area contributed by atoms with Crippen molar-refractivity contribution in [1.29, 1.82) is 5.26 Å². The number of tetrazole rings is 1. The van der Waals surface area contributed by atoms with Gasteiger partial charge in [0.15, 0.2) is 5.82 Å². The lowest BCUT2D eigenvalue weighted by molar-refractivity contribution is 0.220. The Hall–Kier alpha value is -3.02. The van der Waals surface area contributed by atoms with Gasteiger partial charge in [0.05, 0.1) is 5.56 Å². The van der Waals surface area contributed by atoms with Crippen LogP contribution in [0.3, 0.4) is 0 Å². The van der Waals surface area contributed by atoms with E-state index in [1.165, 1.54) is 12.1 Å². The van der Waals surface area contributed by atoms with Gasteiger partial charge in [0.2, 0.25) is 0 Å². The highest BCUT2D eigenvalue weighted by Gasteiger charge is 2.27. The summed E-state index contributed by atoms with van der Waals surface area (Å²) in [6.45, 7) is 1.22. The first kappa shape index (κ1) is 14.9. The highest BCUT2D eigenvalue weighted by atomic mass is 19.1. The van der Waals surface area contributed by atoms with Gasteiger partial charge in [0.1, 0.15) is 11.9 Å². The second-order valence-corrected chi connectivity index (χ2v) is 5.37. The number of aromatic nitrogens is 4. The van der Waals surface area contributed by atoms with Crippen LogP contribution in [0.15, 0.2) is 18.2 Å². The molecule has 2 heterocycles. The van der Waals surface area contributed by atoms with E-state index in [0.717, 1.165) is 12.5 Å². The number of carbonyl (C=O) groups excluding carboxylic acids is 1. The van der Waals surface area contributed by atoms with Gasteiger partial charge in [0, 0.05) is 25.2 Å². The minimum atomic E-state index is -0.605. The number of likely N-dealkylation sites (tertiary alicyclic amines) is 1. The molecule has 1 aliphatic heterocycles. The summed E-state index contributed by atoms with van der Waals surface area (Å²) >= 11 is 0. The largest absolute Gasteiger partial charge is 0.324 e. The molecular formula is C14H14FN7O. The zero-order valence-electron chi connectivity index (χ0n) is 12.2. The van der Waals surface area contributed by atoms with Gasteiger partial charge in [0.25, 0.3) is 0 Å². The molecule has 2 amide bonds. The second-order valence-electron chi connectivity index (χ2n) is 5.37. The minimum absolute atomic E-state index is 0.0980. The van der Waals surface area contributed by atoms with Crippen molar-refractivity contribution in [2.24, 2.45) is 5.92 Å². The van der Waals surface area contributed by atoms with Gasteiger partial charge in [-0.05, 0) is 30.5 Å². The van der Waals surface area contributed by atoms with Crippen molar-refractivity contribution in [2.45, 2.75) is 12.8 Å². The van der Waals surface area contributed by atoms with Crippen LogP contribution in [0.4, 0.5) is 14.9 Å². The van der Waals surface area contributed by atoms with Gasteiger partial charge in [-0.25, -0.2) is 9.18 Å². The van der Waals surface area contributed by atoms with Crippen LogP contribution in [0.5, 0.6) is 0 Å². The van der Waals surface area contributed by atoms with Crippen LogP contribution in [0, 0.1) is 23.1 Å². The van der Waals surface area contributed by atoms with Crippen molar-refractivity contribution < 1.29 is 9.18 Å². The minimum Gasteiger partial charge on any atom is -0.324 e. The fraction of sp³-hybridized carbons (Fsp3) is 0.357. The van der Waals surface area contributed by atoms with Crippen LogP contribution in [0.1, 0.15) is 17.8 Å². The number of hydrogen-bond acceptors (Lipinski definition) is 5. The number of amides is 2. The van der Waals surface area contributed by atoms with Gasteiger partial charge in [-0.1, -0.05) is 5.21 Å². The quantitative estimate of drug-likeness (QED) is 0.887. The number of aromatic amines is 1. The highest BCUT2D eigenvalue weighted by molar-refractivity contribution is 5.89. The van der Waals surface area contributed by atoms with Gasteiger partial charge in [-0.3, -0.25) is 0 Å². The van der Waals surface area contributed by atoms with Gasteiger partial charge in [-0.15, -0.1) is 10.2 Å². The summed E-state index contributed by atoms with van der Waals surface area (Å²) in [5, 5.41) is 25.2. The summed E-state index contributed by atoms with van der Waals surface area (Å²) in [5.41, 5.74) is 0.300. The summed E-state index contributed by atoms with van der Waals surface area (Å²) in [6.07, 6.45) is 1.52. The number of urea groups is 1. The lowest BCUT2D eigenvalue weighted by atomic mass is 10.1. The molecule has 9 heteroatoms. The molecule has 3 rings (SSSR count). The molecule has 1 atom stereocenters. The number of nitrogens with one attached hydrogen (secondary N) is 2. The molecule has 0 bridgehead atoms. The van der Waals surface area contributed by atoms with Crippen molar-refractivity contribution in [1.82, 2.24) is 25.5 Å². The van der Waals surface area contributed by atoms with Crippen molar-refractivity contribution in [3.8, 4) is 6.07 Å². The Kier molecular flexibility index (Phi) is 4.14. The molecule has 0 aliphatic carbocycles. The van der Waals surface area contributed by atoms with Crippen molar-refractivity contribution >= 4 is 11.7 Å². The van der Waals surface area contributed by atoms with Crippen molar-refractivity contribution in [3.05, 3.63) is 35.4 Å². The van der Waals surface area contributed by atoms with Crippen molar-refractivity contribution in [3.63, 3.8) is 0 Å². The number of halogens is 1. The van der Waals surface area contributed by atoms with Crippen molar-refractivity contribution in [2.75, 3.05) is 18.4 Å². The molecule has 1 saturated heterocycles. The van der Waals surface area contributed by atoms with Crippen LogP contribution in [-0.2, 0) is 6.42 Å². The van der Waals surface area contributed by atoms with E-state index in [1.807, 2.05) is 0 Å². The van der Waals surface area contributed by atoms with E-state index >= 15 is 0 Å². The summed E-state index contributed by atoms with van der Waals surface area (Å²) in [6, 6.07) is 5.39. The molecule has 1 fully saturated rings. The predicted molar refractivity (Wildman–Crippen MR) is 77.7 cm³/mol. The SMILES string of the molecule is N#Cc1cc(NC(=O)N2CCC(Cc3nn[nH]n3)C2)ccc1F. The number of nitriles is 1. The molecule has 0 saturated carbocycles.